The predicted octanol–water partition coefficient (Wildman–Crippen LogP) is 3.14. The fraction of sp³-hybridized carbons (Fsp3) is 0.0588. The van der Waals surface area contributed by atoms with E-state index in [1.54, 1.807) is 0 Å². The molecule has 0 fully saturated rings. The van der Waals surface area contributed by atoms with Gasteiger partial charge in [0.1, 0.15) is 11.4 Å². The largest absolute Gasteiger partial charge is 0.510 e. The van der Waals surface area contributed by atoms with Crippen molar-refractivity contribution in [1.82, 2.24) is 0 Å². The number of amides is 1. The van der Waals surface area contributed by atoms with Gasteiger partial charge in [0.25, 0.3) is 16.0 Å². The molecule has 0 aliphatic carbocycles. The van der Waals surface area contributed by atoms with E-state index in [-0.39, 0.29) is 16.9 Å². The second-order valence-electron chi connectivity index (χ2n) is 5.41. The highest BCUT2D eigenvalue weighted by atomic mass is 32.2. The molecule has 0 aliphatic heterocycles. The van der Waals surface area contributed by atoms with Crippen molar-refractivity contribution < 1.29 is 32.8 Å². The average molecular weight is 405 g/mol. The number of aliphatic hydroxyl groups excluding tert-OH is 1. The van der Waals surface area contributed by atoms with E-state index in [9.17, 15) is 23.1 Å². The van der Waals surface area contributed by atoms with Crippen molar-refractivity contribution >= 4 is 33.4 Å². The second-order valence-corrected chi connectivity index (χ2v) is 6.83. The molecule has 0 aromatic heterocycles. The van der Waals surface area contributed by atoms with E-state index in [1.807, 2.05) is 0 Å². The Balaban J connectivity index is 2.30. The summed E-state index contributed by atoms with van der Waals surface area (Å²) in [5.74, 6) is -2.67. The summed E-state index contributed by atoms with van der Waals surface area (Å²) in [6, 6.07) is 10.5. The molecule has 4 N–H and O–H groups in total. The van der Waals surface area contributed by atoms with Crippen molar-refractivity contribution in [3.63, 3.8) is 0 Å². The number of hydrogen-bond acceptors (Lipinski definition) is 7. The molecule has 0 saturated carbocycles. The summed E-state index contributed by atoms with van der Waals surface area (Å²) in [6.45, 7) is 1.17. The minimum absolute atomic E-state index is 0.0139. The van der Waals surface area contributed by atoms with E-state index in [1.165, 1.54) is 43.3 Å². The number of allylic oxidation sites excluding steroid dienone is 1. The number of nitrogens with one attached hydrogen (secondary N) is 1. The predicted molar refractivity (Wildman–Crippen MR) is 98.1 cm³/mol. The van der Waals surface area contributed by atoms with Gasteiger partial charge in [-0.1, -0.05) is 18.2 Å². The lowest BCUT2D eigenvalue weighted by atomic mass is 10.2. The first-order chi connectivity index (χ1) is 13.1. The fourth-order valence-electron chi connectivity index (χ4n) is 2.05. The lowest BCUT2D eigenvalue weighted by Gasteiger charge is -2.07. The van der Waals surface area contributed by atoms with Gasteiger partial charge in [-0.25, -0.2) is 4.79 Å². The lowest BCUT2D eigenvalue weighted by molar-refractivity contribution is -0.113. The second kappa shape index (κ2) is 8.41. The summed E-state index contributed by atoms with van der Waals surface area (Å²) in [7, 11) is -4.47. The molecule has 0 saturated heterocycles. The average Bonchev–Trinajstić information content (AvgIpc) is 2.61. The maximum Gasteiger partial charge on any atom is 0.337 e. The zero-order valence-corrected chi connectivity index (χ0v) is 15.2. The Kier molecular flexibility index (Phi) is 6.23. The van der Waals surface area contributed by atoms with E-state index in [0.717, 1.165) is 12.1 Å². The van der Waals surface area contributed by atoms with Crippen LogP contribution >= 0.6 is 0 Å². The van der Waals surface area contributed by atoms with Gasteiger partial charge in [0, 0.05) is 5.69 Å². The normalized spacial score (nSPS) is 12.5. The molecule has 0 heterocycles. The third-order valence-electron chi connectivity index (χ3n) is 3.34. The van der Waals surface area contributed by atoms with Crippen molar-refractivity contribution in [2.75, 3.05) is 5.32 Å². The van der Waals surface area contributed by atoms with Crippen molar-refractivity contribution in [2.45, 2.75) is 11.8 Å². The molecule has 0 aliphatic rings. The molecule has 11 heteroatoms. The molecule has 28 heavy (non-hydrogen) atoms. The van der Waals surface area contributed by atoms with Crippen LogP contribution in [0.25, 0.3) is 0 Å². The molecule has 0 radical (unpaired) electrons. The molecule has 0 spiro atoms. The van der Waals surface area contributed by atoms with Gasteiger partial charge in [0.05, 0.1) is 10.5 Å². The quantitative estimate of drug-likeness (QED) is 0.248. The first kappa shape index (κ1) is 20.7. The SMILES string of the molecule is C/C(O)=C(\N=Nc1ccccc1C(=O)O)C(=O)Nc1cccc(S(=O)(=O)O)c1. The molecule has 0 unspecified atom stereocenters. The minimum Gasteiger partial charge on any atom is -0.510 e. The Bertz CT molecular complexity index is 1090. The number of azo groups is 1. The van der Waals surface area contributed by atoms with E-state index >= 15 is 0 Å². The van der Waals surface area contributed by atoms with Crippen LogP contribution < -0.4 is 5.32 Å². The highest BCUT2D eigenvalue weighted by Gasteiger charge is 2.16. The number of nitrogens with zero attached hydrogens (tertiary/aromatic N) is 2. The van der Waals surface area contributed by atoms with E-state index in [4.69, 9.17) is 9.66 Å². The van der Waals surface area contributed by atoms with E-state index in [2.05, 4.69) is 15.5 Å². The molecule has 2 aromatic rings. The number of hydrogen-bond donors (Lipinski definition) is 4. The Morgan fingerprint density at radius 2 is 1.71 bits per heavy atom. The molecule has 10 nitrogen and oxygen atoms in total. The van der Waals surface area contributed by atoms with Gasteiger partial charge in [0.2, 0.25) is 0 Å². The van der Waals surface area contributed by atoms with Crippen LogP contribution in [0.2, 0.25) is 0 Å². The highest BCUT2D eigenvalue weighted by Crippen LogP contribution is 2.21. The summed E-state index contributed by atoms with van der Waals surface area (Å²) < 4.78 is 31.4. The third-order valence-corrected chi connectivity index (χ3v) is 4.19. The lowest BCUT2D eigenvalue weighted by Crippen LogP contribution is -2.15. The van der Waals surface area contributed by atoms with Crippen molar-refractivity contribution in [3.05, 3.63) is 65.6 Å². The van der Waals surface area contributed by atoms with E-state index < -0.39 is 38.3 Å². The van der Waals surface area contributed by atoms with Crippen molar-refractivity contribution in [2.24, 2.45) is 10.2 Å². The van der Waals surface area contributed by atoms with Crippen LogP contribution in [0.5, 0.6) is 0 Å². The molecule has 1 amide bonds. The first-order valence-electron chi connectivity index (χ1n) is 7.62. The fourth-order valence-corrected chi connectivity index (χ4v) is 2.58. The summed E-state index contributed by atoms with van der Waals surface area (Å²) in [5.41, 5.74) is -0.685. The zero-order chi connectivity index (χ0) is 20.9. The third kappa shape index (κ3) is 5.22. The van der Waals surface area contributed by atoms with Crippen LogP contribution in [0.15, 0.2) is 75.1 Å². The Hall–Kier alpha value is -3.57. The molecular formula is C17H15N3O7S. The summed E-state index contributed by atoms with van der Waals surface area (Å²) in [6.07, 6.45) is 0. The van der Waals surface area contributed by atoms with Gasteiger partial charge in [-0.05, 0) is 37.3 Å². The number of rotatable bonds is 6. The van der Waals surface area contributed by atoms with E-state index in [0.29, 0.717) is 0 Å². The van der Waals surface area contributed by atoms with Gasteiger partial charge in [-0.2, -0.15) is 8.42 Å². The monoisotopic (exact) mass is 405 g/mol. The van der Waals surface area contributed by atoms with Gasteiger partial charge >= 0.3 is 5.97 Å². The molecule has 2 aromatic carbocycles. The number of carbonyl (C=O) groups excluding carboxylic acids is 1. The van der Waals surface area contributed by atoms with Crippen molar-refractivity contribution in [3.8, 4) is 0 Å². The standard InChI is InChI=1S/C17H15N3O7S/c1-10(21)15(20-19-14-8-3-2-7-13(14)17(23)24)16(22)18-11-5-4-6-12(9-11)28(25,26)27/h2-9,21H,1H3,(H,18,22)(H,23,24)(H,25,26,27)/b15-10+,20-19?. The van der Waals surface area contributed by atoms with Crippen LogP contribution in [0.1, 0.15) is 17.3 Å². The van der Waals surface area contributed by atoms with Crippen molar-refractivity contribution in [1.29, 1.82) is 0 Å². The number of carboxylic acids is 1. The Morgan fingerprint density at radius 3 is 2.32 bits per heavy atom. The van der Waals surface area contributed by atoms with Crippen LogP contribution in [-0.4, -0.2) is 35.1 Å². The highest BCUT2D eigenvalue weighted by molar-refractivity contribution is 7.85. The first-order valence-corrected chi connectivity index (χ1v) is 9.06. The molecule has 0 bridgehead atoms. The Morgan fingerprint density at radius 1 is 1.04 bits per heavy atom. The number of anilines is 1. The number of aliphatic hydroxyl groups is 1. The van der Waals surface area contributed by atoms with Gasteiger partial charge < -0.3 is 15.5 Å². The van der Waals surface area contributed by atoms with Crippen LogP contribution in [-0.2, 0) is 14.9 Å². The maximum absolute atomic E-state index is 12.3. The summed E-state index contributed by atoms with van der Waals surface area (Å²) in [4.78, 5) is 23.1. The van der Waals surface area contributed by atoms with Gasteiger partial charge in [0.15, 0.2) is 5.70 Å². The smallest absolute Gasteiger partial charge is 0.337 e. The summed E-state index contributed by atoms with van der Waals surface area (Å²) >= 11 is 0. The Labute approximate surface area is 159 Å². The van der Waals surface area contributed by atoms with Gasteiger partial charge in [-0.3, -0.25) is 9.35 Å². The summed E-state index contributed by atoms with van der Waals surface area (Å²) in [5, 5.41) is 28.5. The zero-order valence-electron chi connectivity index (χ0n) is 14.4. The number of carboxylic acid groups (broad SMARTS) is 1. The topological polar surface area (TPSA) is 166 Å². The molecule has 2 rings (SSSR count). The maximum atomic E-state index is 12.3. The number of aromatic carboxylic acids is 1. The molecular weight excluding hydrogens is 390 g/mol. The van der Waals surface area contributed by atoms with Crippen LogP contribution in [0.3, 0.4) is 0 Å². The minimum atomic E-state index is -4.47. The van der Waals surface area contributed by atoms with Gasteiger partial charge in [-0.15, -0.1) is 10.2 Å². The number of carbonyl (C=O) groups is 2. The van der Waals surface area contributed by atoms with Crippen LogP contribution in [0, 0.1) is 0 Å². The molecule has 146 valence electrons. The number of benzene rings is 2. The molecule has 0 atom stereocenters. The van der Waals surface area contributed by atoms with Crippen LogP contribution in [0.4, 0.5) is 11.4 Å².